The molecule has 2 aromatic rings. The first kappa shape index (κ1) is 17.9. The molecule has 1 heterocycles. The maximum atomic E-state index is 12.4. The van der Waals surface area contributed by atoms with Gasteiger partial charge in [0.05, 0.1) is 4.92 Å². The molecule has 7 heteroatoms. The third kappa shape index (κ3) is 4.80. The Morgan fingerprint density at radius 2 is 1.77 bits per heavy atom. The second-order valence-electron chi connectivity index (χ2n) is 6.30. The van der Waals surface area contributed by atoms with Gasteiger partial charge in [0.15, 0.2) is 0 Å². The van der Waals surface area contributed by atoms with E-state index in [2.05, 4.69) is 22.3 Å². The van der Waals surface area contributed by atoms with Crippen LogP contribution in [-0.4, -0.2) is 53.5 Å². The van der Waals surface area contributed by atoms with Crippen molar-refractivity contribution in [3.63, 3.8) is 0 Å². The first-order valence-electron chi connectivity index (χ1n) is 8.68. The molecule has 3 rings (SSSR count). The lowest BCUT2D eigenvalue weighted by molar-refractivity contribution is -0.384. The van der Waals surface area contributed by atoms with Crippen molar-refractivity contribution >= 4 is 17.4 Å². The molecule has 2 amide bonds. The molecule has 0 aromatic heterocycles. The SMILES string of the molecule is O=C(Nc1cccc([N+](=O)[O-])c1)N1CCN(CCc2ccccc2)CC1. The minimum absolute atomic E-state index is 0.0338. The number of nitro benzene ring substituents is 1. The van der Waals surface area contributed by atoms with Crippen LogP contribution in [0.3, 0.4) is 0 Å². The number of amides is 2. The monoisotopic (exact) mass is 354 g/mol. The van der Waals surface area contributed by atoms with E-state index in [0.717, 1.165) is 26.1 Å². The molecule has 0 bridgehead atoms. The molecular formula is C19H22N4O3. The third-order valence-corrected chi connectivity index (χ3v) is 4.53. The Balaban J connectivity index is 1.46. The zero-order valence-corrected chi connectivity index (χ0v) is 14.5. The van der Waals surface area contributed by atoms with Gasteiger partial charge in [-0.2, -0.15) is 0 Å². The van der Waals surface area contributed by atoms with Crippen LogP contribution >= 0.6 is 0 Å². The lowest BCUT2D eigenvalue weighted by Gasteiger charge is -2.34. The minimum atomic E-state index is -0.471. The maximum Gasteiger partial charge on any atom is 0.321 e. The largest absolute Gasteiger partial charge is 0.322 e. The van der Waals surface area contributed by atoms with Crippen LogP contribution in [0.25, 0.3) is 0 Å². The van der Waals surface area contributed by atoms with Gasteiger partial charge in [-0.1, -0.05) is 36.4 Å². The van der Waals surface area contributed by atoms with Gasteiger partial charge in [0.1, 0.15) is 0 Å². The van der Waals surface area contributed by atoms with Gasteiger partial charge < -0.3 is 10.2 Å². The summed E-state index contributed by atoms with van der Waals surface area (Å²) in [5, 5.41) is 13.6. The summed E-state index contributed by atoms with van der Waals surface area (Å²) in [5.74, 6) is 0. The summed E-state index contributed by atoms with van der Waals surface area (Å²) in [6, 6.07) is 16.1. The Hall–Kier alpha value is -2.93. The van der Waals surface area contributed by atoms with Crippen LogP contribution in [-0.2, 0) is 6.42 Å². The third-order valence-electron chi connectivity index (χ3n) is 4.53. The number of rotatable bonds is 5. The molecule has 7 nitrogen and oxygen atoms in total. The Bertz CT molecular complexity index is 758. The number of nitrogens with zero attached hydrogens (tertiary/aromatic N) is 3. The number of urea groups is 1. The van der Waals surface area contributed by atoms with Crippen LogP contribution in [0.2, 0.25) is 0 Å². The summed E-state index contributed by atoms with van der Waals surface area (Å²) in [6.07, 6.45) is 1.00. The summed E-state index contributed by atoms with van der Waals surface area (Å²) in [4.78, 5) is 26.8. The van der Waals surface area contributed by atoms with Gasteiger partial charge in [0.2, 0.25) is 0 Å². The summed E-state index contributed by atoms with van der Waals surface area (Å²) in [7, 11) is 0. The first-order valence-corrected chi connectivity index (χ1v) is 8.68. The normalized spacial score (nSPS) is 14.8. The van der Waals surface area contributed by atoms with Gasteiger partial charge in [-0.25, -0.2) is 4.79 Å². The predicted molar refractivity (Wildman–Crippen MR) is 100 cm³/mol. The van der Waals surface area contributed by atoms with E-state index in [-0.39, 0.29) is 11.7 Å². The van der Waals surface area contributed by atoms with Crippen LogP contribution in [0.1, 0.15) is 5.56 Å². The highest BCUT2D eigenvalue weighted by molar-refractivity contribution is 5.89. The van der Waals surface area contributed by atoms with Crippen molar-refractivity contribution in [2.45, 2.75) is 6.42 Å². The quantitative estimate of drug-likeness (QED) is 0.661. The molecule has 1 N–H and O–H groups in total. The second kappa shape index (κ2) is 8.44. The van der Waals surface area contributed by atoms with Gasteiger partial charge in [-0.3, -0.25) is 15.0 Å². The summed E-state index contributed by atoms with van der Waals surface area (Å²) in [6.45, 7) is 3.93. The Kier molecular flexibility index (Phi) is 5.80. The summed E-state index contributed by atoms with van der Waals surface area (Å²) >= 11 is 0. The van der Waals surface area contributed by atoms with Crippen LogP contribution in [0.4, 0.5) is 16.2 Å². The van der Waals surface area contributed by atoms with Crippen LogP contribution in [0, 0.1) is 10.1 Å². The van der Waals surface area contributed by atoms with Gasteiger partial charge >= 0.3 is 6.03 Å². The number of carbonyl (C=O) groups is 1. The average molecular weight is 354 g/mol. The van der Waals surface area contributed by atoms with Crippen molar-refractivity contribution in [2.24, 2.45) is 0 Å². The highest BCUT2D eigenvalue weighted by atomic mass is 16.6. The molecule has 0 saturated carbocycles. The Morgan fingerprint density at radius 1 is 1.04 bits per heavy atom. The lowest BCUT2D eigenvalue weighted by atomic mass is 10.1. The van der Waals surface area contributed by atoms with Crippen molar-refractivity contribution in [3.05, 3.63) is 70.3 Å². The number of nitro groups is 1. The average Bonchev–Trinajstić information content (AvgIpc) is 2.68. The fourth-order valence-electron chi connectivity index (χ4n) is 3.01. The molecule has 1 aliphatic heterocycles. The molecule has 1 aliphatic rings. The van der Waals surface area contributed by atoms with E-state index in [4.69, 9.17) is 0 Å². The summed E-state index contributed by atoms with van der Waals surface area (Å²) in [5.41, 5.74) is 1.72. The standard InChI is InChI=1S/C19H22N4O3/c24-19(20-17-7-4-8-18(15-17)23(25)26)22-13-11-21(12-14-22)10-9-16-5-2-1-3-6-16/h1-8,15H,9-14H2,(H,20,24). The fourth-order valence-corrected chi connectivity index (χ4v) is 3.01. The van der Waals surface area contributed by atoms with E-state index < -0.39 is 4.92 Å². The van der Waals surface area contributed by atoms with Crippen molar-refractivity contribution in [2.75, 3.05) is 38.0 Å². The van der Waals surface area contributed by atoms with Crippen molar-refractivity contribution in [3.8, 4) is 0 Å². The minimum Gasteiger partial charge on any atom is -0.322 e. The number of nitrogens with one attached hydrogen (secondary N) is 1. The number of hydrogen-bond acceptors (Lipinski definition) is 4. The molecular weight excluding hydrogens is 332 g/mol. The van der Waals surface area contributed by atoms with Gasteiger partial charge in [0.25, 0.3) is 5.69 Å². The van der Waals surface area contributed by atoms with Gasteiger partial charge in [-0.15, -0.1) is 0 Å². The smallest absolute Gasteiger partial charge is 0.321 e. The number of carbonyl (C=O) groups excluding carboxylic acids is 1. The molecule has 1 fully saturated rings. The first-order chi connectivity index (χ1) is 12.6. The number of non-ortho nitro benzene ring substituents is 1. The van der Waals surface area contributed by atoms with Crippen molar-refractivity contribution in [1.82, 2.24) is 9.80 Å². The fraction of sp³-hybridized carbons (Fsp3) is 0.316. The number of hydrogen-bond donors (Lipinski definition) is 1. The highest BCUT2D eigenvalue weighted by Gasteiger charge is 2.21. The van der Waals surface area contributed by atoms with Crippen LogP contribution < -0.4 is 5.32 Å². The molecule has 0 unspecified atom stereocenters. The molecule has 0 aliphatic carbocycles. The molecule has 136 valence electrons. The Morgan fingerprint density at radius 3 is 2.46 bits per heavy atom. The number of piperazine rings is 1. The summed E-state index contributed by atoms with van der Waals surface area (Å²) < 4.78 is 0. The number of anilines is 1. The van der Waals surface area contributed by atoms with Crippen molar-refractivity contribution in [1.29, 1.82) is 0 Å². The number of benzene rings is 2. The molecule has 0 radical (unpaired) electrons. The predicted octanol–water partition coefficient (Wildman–Crippen LogP) is 2.99. The molecule has 2 aromatic carbocycles. The van der Waals surface area contributed by atoms with E-state index in [1.165, 1.54) is 17.7 Å². The molecule has 0 atom stereocenters. The van der Waals surface area contributed by atoms with Crippen LogP contribution in [0.5, 0.6) is 0 Å². The van der Waals surface area contributed by atoms with Crippen LogP contribution in [0.15, 0.2) is 54.6 Å². The molecule has 26 heavy (non-hydrogen) atoms. The lowest BCUT2D eigenvalue weighted by Crippen LogP contribution is -2.50. The van der Waals surface area contributed by atoms with E-state index in [1.54, 1.807) is 17.0 Å². The van der Waals surface area contributed by atoms with Crippen molar-refractivity contribution < 1.29 is 9.72 Å². The van der Waals surface area contributed by atoms with E-state index in [1.807, 2.05) is 18.2 Å². The van der Waals surface area contributed by atoms with Gasteiger partial charge in [-0.05, 0) is 18.1 Å². The highest BCUT2D eigenvalue weighted by Crippen LogP contribution is 2.17. The Labute approximate surface area is 152 Å². The topological polar surface area (TPSA) is 78.7 Å². The maximum absolute atomic E-state index is 12.4. The van der Waals surface area contributed by atoms with Gasteiger partial charge in [0, 0.05) is 50.5 Å². The zero-order valence-electron chi connectivity index (χ0n) is 14.5. The molecule has 0 spiro atoms. The van der Waals surface area contributed by atoms with E-state index >= 15 is 0 Å². The molecule has 1 saturated heterocycles. The van der Waals surface area contributed by atoms with E-state index in [0.29, 0.717) is 18.8 Å². The van der Waals surface area contributed by atoms with E-state index in [9.17, 15) is 14.9 Å². The zero-order chi connectivity index (χ0) is 18.4. The second-order valence-corrected chi connectivity index (χ2v) is 6.30.